The van der Waals surface area contributed by atoms with Crippen LogP contribution in [0.5, 0.6) is 0 Å². The summed E-state index contributed by atoms with van der Waals surface area (Å²) in [5, 5.41) is 0. The molecule has 2 unspecified atom stereocenters. The first-order chi connectivity index (χ1) is 11.3. The van der Waals surface area contributed by atoms with Gasteiger partial charge in [-0.3, -0.25) is 9.69 Å². The van der Waals surface area contributed by atoms with Gasteiger partial charge in [-0.2, -0.15) is 0 Å². The fraction of sp³-hybridized carbons (Fsp3) is 0.579. The number of piperidine rings is 2. The number of hydrogen-bond donors (Lipinski definition) is 0. The number of fused-ring (bicyclic) bond motifs is 2. The Kier molecular flexibility index (Phi) is 4.63. The number of ether oxygens (including phenoxy) is 1. The zero-order valence-electron chi connectivity index (χ0n) is 14.7. The molecule has 1 aromatic rings. The van der Waals surface area contributed by atoms with Gasteiger partial charge in [0.25, 0.3) is 0 Å². The Morgan fingerprint density at radius 3 is 2.21 bits per heavy atom. The number of hydrogen-bond acceptors (Lipinski definition) is 4. The maximum absolute atomic E-state index is 12.5. The minimum absolute atomic E-state index is 0.103. The molecule has 24 heavy (non-hydrogen) atoms. The SMILES string of the molecule is CC(C)(C)OC(=O)N1CC2CN(Cc3ccccc3)CC(C1)C2=O. The van der Waals surface area contributed by atoms with E-state index in [2.05, 4.69) is 17.0 Å². The second-order valence-electron chi connectivity index (χ2n) is 7.86. The van der Waals surface area contributed by atoms with Crippen molar-refractivity contribution in [3.63, 3.8) is 0 Å². The van der Waals surface area contributed by atoms with Crippen LogP contribution in [0.15, 0.2) is 30.3 Å². The largest absolute Gasteiger partial charge is 0.444 e. The lowest BCUT2D eigenvalue weighted by molar-refractivity contribution is -0.137. The van der Waals surface area contributed by atoms with Gasteiger partial charge in [-0.05, 0) is 26.3 Å². The topological polar surface area (TPSA) is 49.9 Å². The lowest BCUT2D eigenvalue weighted by atomic mass is 9.83. The van der Waals surface area contributed by atoms with E-state index in [1.165, 1.54) is 5.56 Å². The fourth-order valence-corrected chi connectivity index (χ4v) is 3.56. The molecule has 3 rings (SSSR count). The second-order valence-corrected chi connectivity index (χ2v) is 7.86. The van der Waals surface area contributed by atoms with Crippen LogP contribution in [-0.2, 0) is 16.1 Å². The van der Waals surface area contributed by atoms with Gasteiger partial charge in [-0.1, -0.05) is 30.3 Å². The summed E-state index contributed by atoms with van der Waals surface area (Å²) in [6.45, 7) is 8.80. The minimum atomic E-state index is -0.507. The third kappa shape index (κ3) is 3.96. The highest BCUT2D eigenvalue weighted by Gasteiger charge is 2.43. The molecule has 0 radical (unpaired) electrons. The number of likely N-dealkylation sites (tertiary alicyclic amines) is 2. The van der Waals surface area contributed by atoms with E-state index in [9.17, 15) is 9.59 Å². The second kappa shape index (κ2) is 6.55. The van der Waals surface area contributed by atoms with Gasteiger partial charge in [0.15, 0.2) is 0 Å². The Morgan fingerprint density at radius 2 is 1.67 bits per heavy atom. The van der Waals surface area contributed by atoms with Crippen molar-refractivity contribution in [3.8, 4) is 0 Å². The zero-order chi connectivity index (χ0) is 17.3. The van der Waals surface area contributed by atoms with Crippen LogP contribution in [0.1, 0.15) is 26.3 Å². The van der Waals surface area contributed by atoms with Crippen molar-refractivity contribution in [1.29, 1.82) is 0 Å². The Hall–Kier alpha value is -1.88. The molecule has 5 heteroatoms. The van der Waals surface area contributed by atoms with Crippen LogP contribution in [0.2, 0.25) is 0 Å². The first-order valence-electron chi connectivity index (χ1n) is 8.60. The van der Waals surface area contributed by atoms with Crippen molar-refractivity contribution in [2.24, 2.45) is 11.8 Å². The van der Waals surface area contributed by atoms with Crippen LogP contribution in [0.25, 0.3) is 0 Å². The third-order valence-corrected chi connectivity index (χ3v) is 4.54. The predicted molar refractivity (Wildman–Crippen MR) is 91.5 cm³/mol. The number of ketones is 1. The number of Topliss-reactive ketones (excluding diaryl/α,β-unsaturated/α-hetero) is 1. The summed E-state index contributed by atoms with van der Waals surface area (Å²) in [4.78, 5) is 28.8. The van der Waals surface area contributed by atoms with Gasteiger partial charge in [-0.15, -0.1) is 0 Å². The predicted octanol–water partition coefficient (Wildman–Crippen LogP) is 2.55. The maximum Gasteiger partial charge on any atom is 0.410 e. The summed E-state index contributed by atoms with van der Waals surface area (Å²) >= 11 is 0. The van der Waals surface area contributed by atoms with E-state index < -0.39 is 5.60 Å². The number of carbonyl (C=O) groups excluding carboxylic acids is 2. The van der Waals surface area contributed by atoms with E-state index in [4.69, 9.17) is 4.74 Å². The van der Waals surface area contributed by atoms with Crippen LogP contribution >= 0.6 is 0 Å². The average molecular weight is 330 g/mol. The smallest absolute Gasteiger partial charge is 0.410 e. The molecule has 130 valence electrons. The lowest BCUT2D eigenvalue weighted by Gasteiger charge is -2.44. The van der Waals surface area contributed by atoms with Gasteiger partial charge in [-0.25, -0.2) is 4.79 Å². The standard InChI is InChI=1S/C19H26N2O3/c1-19(2,3)24-18(23)21-12-15-10-20(11-16(13-21)17(15)22)9-14-7-5-4-6-8-14/h4-8,15-16H,9-13H2,1-3H3. The molecule has 1 amide bonds. The van der Waals surface area contributed by atoms with Gasteiger partial charge in [0.1, 0.15) is 11.4 Å². The van der Waals surface area contributed by atoms with E-state index >= 15 is 0 Å². The summed E-state index contributed by atoms with van der Waals surface area (Å²) in [5.41, 5.74) is 0.751. The Balaban J connectivity index is 1.63. The lowest BCUT2D eigenvalue weighted by Crippen LogP contribution is -2.59. The van der Waals surface area contributed by atoms with E-state index in [-0.39, 0.29) is 17.9 Å². The fourth-order valence-electron chi connectivity index (χ4n) is 3.56. The third-order valence-electron chi connectivity index (χ3n) is 4.54. The molecule has 2 aliphatic heterocycles. The van der Waals surface area contributed by atoms with Crippen LogP contribution in [0, 0.1) is 11.8 Å². The number of amides is 1. The molecule has 0 aromatic heterocycles. The molecule has 2 bridgehead atoms. The molecule has 0 aliphatic carbocycles. The highest BCUT2D eigenvalue weighted by atomic mass is 16.6. The van der Waals surface area contributed by atoms with Gasteiger partial charge in [0.2, 0.25) is 0 Å². The van der Waals surface area contributed by atoms with Crippen molar-refractivity contribution in [3.05, 3.63) is 35.9 Å². The summed E-state index contributed by atoms with van der Waals surface area (Å²) in [7, 11) is 0. The van der Waals surface area contributed by atoms with Crippen molar-refractivity contribution in [2.75, 3.05) is 26.2 Å². The van der Waals surface area contributed by atoms with Crippen LogP contribution < -0.4 is 0 Å². The summed E-state index contributed by atoms with van der Waals surface area (Å²) in [6, 6.07) is 10.3. The number of carbonyl (C=O) groups is 2. The van der Waals surface area contributed by atoms with Crippen molar-refractivity contribution >= 4 is 11.9 Å². The van der Waals surface area contributed by atoms with Crippen molar-refractivity contribution in [2.45, 2.75) is 32.9 Å². The number of rotatable bonds is 2. The van der Waals surface area contributed by atoms with Crippen molar-refractivity contribution < 1.29 is 14.3 Å². The maximum atomic E-state index is 12.5. The van der Waals surface area contributed by atoms with Gasteiger partial charge >= 0.3 is 6.09 Å². The molecule has 0 saturated carbocycles. The highest BCUT2D eigenvalue weighted by Crippen LogP contribution is 2.27. The van der Waals surface area contributed by atoms with Gasteiger partial charge in [0.05, 0.1) is 0 Å². The molecule has 0 N–H and O–H groups in total. The van der Waals surface area contributed by atoms with Gasteiger partial charge < -0.3 is 9.64 Å². The van der Waals surface area contributed by atoms with Crippen molar-refractivity contribution in [1.82, 2.24) is 9.80 Å². The molecule has 1 aromatic carbocycles. The summed E-state index contributed by atoms with van der Waals surface area (Å²) < 4.78 is 5.46. The molecule has 0 spiro atoms. The van der Waals surface area contributed by atoms with Crippen LogP contribution in [0.3, 0.4) is 0 Å². The Morgan fingerprint density at radius 1 is 1.08 bits per heavy atom. The Bertz CT molecular complexity index is 591. The molecule has 2 atom stereocenters. The molecule has 2 saturated heterocycles. The average Bonchev–Trinajstić information content (AvgIpc) is 2.47. The quantitative estimate of drug-likeness (QED) is 0.836. The zero-order valence-corrected chi connectivity index (χ0v) is 14.7. The molecule has 2 fully saturated rings. The Labute approximate surface area is 143 Å². The molecular weight excluding hydrogens is 304 g/mol. The van der Waals surface area contributed by atoms with E-state index in [1.54, 1.807) is 4.90 Å². The first-order valence-corrected chi connectivity index (χ1v) is 8.60. The molecule has 5 nitrogen and oxygen atoms in total. The minimum Gasteiger partial charge on any atom is -0.444 e. The monoisotopic (exact) mass is 330 g/mol. The number of benzene rings is 1. The van der Waals surface area contributed by atoms with Crippen LogP contribution in [-0.4, -0.2) is 53.5 Å². The summed E-state index contributed by atoms with van der Waals surface area (Å²) in [6.07, 6.45) is -0.304. The van der Waals surface area contributed by atoms with E-state index in [1.807, 2.05) is 39.0 Å². The number of nitrogens with zero attached hydrogens (tertiary/aromatic N) is 2. The van der Waals surface area contributed by atoms with Gasteiger partial charge in [0, 0.05) is 44.6 Å². The normalized spacial score (nSPS) is 24.8. The first kappa shape index (κ1) is 17.0. The van der Waals surface area contributed by atoms with E-state index in [0.717, 1.165) is 6.54 Å². The molecular formula is C19H26N2O3. The van der Waals surface area contributed by atoms with E-state index in [0.29, 0.717) is 32.0 Å². The molecule has 2 heterocycles. The summed E-state index contributed by atoms with van der Waals surface area (Å²) in [5.74, 6) is 0.0987. The van der Waals surface area contributed by atoms with Crippen LogP contribution in [0.4, 0.5) is 4.79 Å². The highest BCUT2D eigenvalue weighted by molar-refractivity contribution is 5.87. The molecule has 2 aliphatic rings.